The lowest BCUT2D eigenvalue weighted by Gasteiger charge is -2.22. The second-order valence-electron chi connectivity index (χ2n) is 8.75. The Labute approximate surface area is 190 Å². The van der Waals surface area contributed by atoms with Gasteiger partial charge >= 0.3 is 6.03 Å². The molecule has 1 aromatic heterocycles. The van der Waals surface area contributed by atoms with Gasteiger partial charge in [0.15, 0.2) is 5.54 Å². The summed E-state index contributed by atoms with van der Waals surface area (Å²) in [6.45, 7) is 1.23. The van der Waals surface area contributed by atoms with Crippen molar-refractivity contribution in [3.63, 3.8) is 0 Å². The minimum absolute atomic E-state index is 0.175. The first kappa shape index (κ1) is 21.1. The highest BCUT2D eigenvalue weighted by atomic mass is 16.5. The maximum absolute atomic E-state index is 13.2. The third kappa shape index (κ3) is 3.82. The van der Waals surface area contributed by atoms with Crippen LogP contribution in [-0.2, 0) is 15.1 Å². The van der Waals surface area contributed by atoms with Crippen LogP contribution in [0, 0.1) is 5.92 Å². The van der Waals surface area contributed by atoms with E-state index in [9.17, 15) is 14.4 Å². The monoisotopic (exact) mass is 447 g/mol. The fourth-order valence-corrected chi connectivity index (χ4v) is 4.31. The summed E-state index contributed by atoms with van der Waals surface area (Å²) in [4.78, 5) is 39.7. The fourth-order valence-electron chi connectivity index (χ4n) is 4.31. The molecule has 0 radical (unpaired) electrons. The maximum atomic E-state index is 13.2. The van der Waals surface area contributed by atoms with Crippen LogP contribution in [0.25, 0.3) is 11.0 Å². The first-order valence-electron chi connectivity index (χ1n) is 11.0. The summed E-state index contributed by atoms with van der Waals surface area (Å²) in [6, 6.07) is 15.9. The predicted molar refractivity (Wildman–Crippen MR) is 120 cm³/mol. The van der Waals surface area contributed by atoms with Crippen LogP contribution in [0.3, 0.4) is 0 Å². The van der Waals surface area contributed by atoms with E-state index in [0.717, 1.165) is 34.4 Å². The topological polar surface area (TPSA) is 101 Å². The maximum Gasteiger partial charge on any atom is 0.325 e. The van der Waals surface area contributed by atoms with Crippen molar-refractivity contribution in [1.29, 1.82) is 0 Å². The number of hydrogen-bond acceptors (Lipinski definition) is 5. The highest BCUT2D eigenvalue weighted by Gasteiger charge is 2.52. The smallest absolute Gasteiger partial charge is 0.325 e. The number of para-hydroxylation sites is 1. The summed E-state index contributed by atoms with van der Waals surface area (Å²) in [5, 5.41) is 6.54. The van der Waals surface area contributed by atoms with Gasteiger partial charge < -0.3 is 19.8 Å². The van der Waals surface area contributed by atoms with E-state index in [1.165, 1.54) is 0 Å². The van der Waals surface area contributed by atoms with Crippen molar-refractivity contribution in [2.75, 3.05) is 13.7 Å². The summed E-state index contributed by atoms with van der Waals surface area (Å²) < 4.78 is 11.0. The second-order valence-corrected chi connectivity index (χ2v) is 8.75. The van der Waals surface area contributed by atoms with Gasteiger partial charge in [0.2, 0.25) is 5.91 Å². The van der Waals surface area contributed by atoms with E-state index >= 15 is 0 Å². The van der Waals surface area contributed by atoms with Crippen LogP contribution in [0.2, 0.25) is 0 Å². The molecule has 8 nitrogen and oxygen atoms in total. The molecule has 4 amide bonds. The quantitative estimate of drug-likeness (QED) is 0.540. The van der Waals surface area contributed by atoms with Crippen molar-refractivity contribution in [2.24, 2.45) is 5.92 Å². The molecule has 2 atom stereocenters. The molecule has 0 bridgehead atoms. The average molecular weight is 447 g/mol. The van der Waals surface area contributed by atoms with E-state index in [-0.39, 0.29) is 18.5 Å². The van der Waals surface area contributed by atoms with Gasteiger partial charge in [-0.3, -0.25) is 14.5 Å². The van der Waals surface area contributed by atoms with E-state index in [0.29, 0.717) is 17.3 Å². The molecule has 2 heterocycles. The number of benzene rings is 2. The third-order valence-corrected chi connectivity index (χ3v) is 6.38. The molecule has 2 unspecified atom stereocenters. The van der Waals surface area contributed by atoms with Gasteiger partial charge in [0, 0.05) is 5.39 Å². The number of amides is 4. The van der Waals surface area contributed by atoms with E-state index < -0.39 is 17.5 Å². The second kappa shape index (κ2) is 7.95. The normalized spacial score (nSPS) is 21.2. The van der Waals surface area contributed by atoms with Gasteiger partial charge in [-0.15, -0.1) is 0 Å². The van der Waals surface area contributed by atoms with E-state index in [1.807, 2.05) is 42.5 Å². The fraction of sp³-hybridized carbons (Fsp3) is 0.320. The lowest BCUT2D eigenvalue weighted by molar-refractivity contribution is -0.135. The van der Waals surface area contributed by atoms with Crippen LogP contribution in [-0.4, -0.2) is 36.4 Å². The summed E-state index contributed by atoms with van der Waals surface area (Å²) in [5.74, 6) is 0.503. The van der Waals surface area contributed by atoms with Crippen molar-refractivity contribution in [3.05, 3.63) is 65.9 Å². The first-order chi connectivity index (χ1) is 15.9. The van der Waals surface area contributed by atoms with Gasteiger partial charge in [-0.25, -0.2) is 4.79 Å². The van der Waals surface area contributed by atoms with Crippen LogP contribution in [0.15, 0.2) is 59.0 Å². The molecule has 1 aliphatic carbocycles. The van der Waals surface area contributed by atoms with Gasteiger partial charge in [-0.1, -0.05) is 30.3 Å². The highest BCUT2D eigenvalue weighted by molar-refractivity contribution is 6.09. The van der Waals surface area contributed by atoms with E-state index in [1.54, 1.807) is 26.2 Å². The number of furan rings is 1. The van der Waals surface area contributed by atoms with Gasteiger partial charge in [0.1, 0.15) is 23.6 Å². The number of imide groups is 1. The molecule has 170 valence electrons. The Balaban J connectivity index is 1.31. The zero-order valence-electron chi connectivity index (χ0n) is 18.5. The minimum atomic E-state index is -1.37. The van der Waals surface area contributed by atoms with Crippen molar-refractivity contribution in [2.45, 2.75) is 31.3 Å². The number of rotatable bonds is 7. The molecule has 1 saturated heterocycles. The summed E-state index contributed by atoms with van der Waals surface area (Å²) in [6.07, 6.45) is 2.04. The predicted octanol–water partition coefficient (Wildman–Crippen LogP) is 3.48. The molecular formula is C25H25N3O5. The molecule has 2 fully saturated rings. The van der Waals surface area contributed by atoms with Crippen LogP contribution in [0.5, 0.6) is 5.75 Å². The zero-order valence-corrected chi connectivity index (χ0v) is 18.5. The van der Waals surface area contributed by atoms with Gasteiger partial charge in [0.05, 0.1) is 13.2 Å². The lowest BCUT2D eigenvalue weighted by atomic mass is 9.99. The molecule has 2 aromatic carbocycles. The molecular weight excluding hydrogens is 422 g/mol. The molecule has 2 N–H and O–H groups in total. The Bertz CT molecular complexity index is 1200. The van der Waals surface area contributed by atoms with Crippen molar-refractivity contribution < 1.29 is 23.5 Å². The molecule has 33 heavy (non-hydrogen) atoms. The number of nitrogens with one attached hydrogen (secondary N) is 2. The highest BCUT2D eigenvalue weighted by Crippen LogP contribution is 2.41. The van der Waals surface area contributed by atoms with Crippen LogP contribution < -0.4 is 15.4 Å². The Kier molecular flexibility index (Phi) is 5.08. The number of hydrogen-bond donors (Lipinski definition) is 2. The number of carbonyl (C=O) groups is 3. The average Bonchev–Trinajstić information content (AvgIpc) is 3.52. The Hall–Kier alpha value is -3.81. The number of urea groups is 1. The van der Waals surface area contributed by atoms with Gasteiger partial charge in [0.25, 0.3) is 5.91 Å². The number of ether oxygens (including phenoxy) is 1. The number of methoxy groups -OCH3 is 1. The summed E-state index contributed by atoms with van der Waals surface area (Å²) in [5.41, 5.74) is 0.220. The molecule has 1 saturated carbocycles. The van der Waals surface area contributed by atoms with Crippen LogP contribution >= 0.6 is 0 Å². The number of nitrogens with zero attached hydrogens (tertiary/aromatic N) is 1. The van der Waals surface area contributed by atoms with E-state index in [2.05, 4.69) is 10.6 Å². The summed E-state index contributed by atoms with van der Waals surface area (Å²) >= 11 is 0. The Morgan fingerprint density at radius 2 is 1.94 bits per heavy atom. The zero-order chi connectivity index (χ0) is 23.2. The standard InChI is InChI=1S/C25H25N3O5/c1-25(20-13-17-5-3-4-6-19(17)33-20)23(30)28(24(31)27-25)14-21(29)26-22(15-7-8-15)16-9-11-18(32-2)12-10-16/h3-6,9-13,15,22H,7-8,14H2,1-2H3,(H,26,29)(H,27,31). The third-order valence-electron chi connectivity index (χ3n) is 6.38. The van der Waals surface area contributed by atoms with Crippen molar-refractivity contribution in [1.82, 2.24) is 15.5 Å². The van der Waals surface area contributed by atoms with Gasteiger partial charge in [-0.2, -0.15) is 0 Å². The molecule has 2 aliphatic rings. The van der Waals surface area contributed by atoms with E-state index in [4.69, 9.17) is 9.15 Å². The SMILES string of the molecule is COc1ccc(C(NC(=O)CN2C(=O)NC(C)(c3cc4ccccc4o3)C2=O)C2CC2)cc1. The Morgan fingerprint density at radius 1 is 1.21 bits per heavy atom. The Morgan fingerprint density at radius 3 is 2.61 bits per heavy atom. The largest absolute Gasteiger partial charge is 0.497 e. The molecule has 3 aromatic rings. The summed E-state index contributed by atoms with van der Waals surface area (Å²) in [7, 11) is 1.60. The van der Waals surface area contributed by atoms with Gasteiger partial charge in [-0.05, 0) is 55.5 Å². The van der Waals surface area contributed by atoms with Crippen molar-refractivity contribution in [3.8, 4) is 5.75 Å². The molecule has 8 heteroatoms. The van der Waals surface area contributed by atoms with Crippen LogP contribution in [0.1, 0.15) is 37.1 Å². The minimum Gasteiger partial charge on any atom is -0.497 e. The molecule has 1 aliphatic heterocycles. The molecule has 0 spiro atoms. The van der Waals surface area contributed by atoms with Crippen molar-refractivity contribution >= 4 is 28.8 Å². The lowest BCUT2D eigenvalue weighted by Crippen LogP contribution is -2.44. The number of fused-ring (bicyclic) bond motifs is 1. The number of carbonyl (C=O) groups excluding carboxylic acids is 3. The van der Waals surface area contributed by atoms with Crippen LogP contribution in [0.4, 0.5) is 4.79 Å². The molecule has 5 rings (SSSR count). The first-order valence-corrected chi connectivity index (χ1v) is 11.0.